The van der Waals surface area contributed by atoms with Gasteiger partial charge in [-0.05, 0) is 12.8 Å². The van der Waals surface area contributed by atoms with Crippen LogP contribution in [0.2, 0.25) is 0 Å². The molecule has 0 saturated carbocycles. The van der Waals surface area contributed by atoms with E-state index in [1.807, 2.05) is 0 Å². The number of unbranched alkanes of at least 4 members (excludes halogenated alkanes) is 34. The van der Waals surface area contributed by atoms with Gasteiger partial charge in [-0.1, -0.05) is 245 Å². The fraction of sp³-hybridized carbons (Fsp3) is 0.978. The van der Waals surface area contributed by atoms with E-state index < -0.39 is 24.2 Å². The highest BCUT2D eigenvalue weighted by molar-refractivity contribution is 5.80. The summed E-state index contributed by atoms with van der Waals surface area (Å²) in [5.74, 6) is -0.465. The van der Waals surface area contributed by atoms with Crippen molar-refractivity contribution in [3.05, 3.63) is 0 Å². The van der Waals surface area contributed by atoms with Gasteiger partial charge in [0.15, 0.2) is 0 Å². The van der Waals surface area contributed by atoms with Gasteiger partial charge in [0.25, 0.3) is 0 Å². The van der Waals surface area contributed by atoms with E-state index in [9.17, 15) is 20.1 Å². The van der Waals surface area contributed by atoms with Crippen LogP contribution >= 0.6 is 0 Å². The van der Waals surface area contributed by atoms with Crippen molar-refractivity contribution in [2.75, 3.05) is 6.61 Å². The topological polar surface area (TPSA) is 89.8 Å². The van der Waals surface area contributed by atoms with Crippen molar-refractivity contribution in [2.45, 2.75) is 276 Å². The Bertz CT molecular complexity index is 659. The van der Waals surface area contributed by atoms with Gasteiger partial charge in [0, 0.05) is 0 Å². The molecule has 0 spiro atoms. The Morgan fingerprint density at radius 1 is 0.400 bits per heavy atom. The third-order valence-corrected chi connectivity index (χ3v) is 11.0. The molecule has 4 N–H and O–H groups in total. The van der Waals surface area contributed by atoms with Crippen molar-refractivity contribution in [3.63, 3.8) is 0 Å². The highest BCUT2D eigenvalue weighted by Gasteiger charge is 2.23. The summed E-state index contributed by atoms with van der Waals surface area (Å²) in [6.07, 6.45) is 46.7. The number of carbonyl (C=O) groups excluding carboxylic acids is 1. The second-order valence-electron chi connectivity index (χ2n) is 16.0. The van der Waals surface area contributed by atoms with Crippen LogP contribution in [0.5, 0.6) is 0 Å². The van der Waals surface area contributed by atoms with Crippen LogP contribution in [-0.2, 0) is 4.79 Å². The van der Waals surface area contributed by atoms with E-state index in [0.717, 1.165) is 32.1 Å². The van der Waals surface area contributed by atoms with Crippen LogP contribution in [-0.4, -0.2) is 46.1 Å². The van der Waals surface area contributed by atoms with Gasteiger partial charge in [-0.2, -0.15) is 0 Å². The maximum absolute atomic E-state index is 12.5. The van der Waals surface area contributed by atoms with Crippen molar-refractivity contribution in [1.82, 2.24) is 5.32 Å². The Kier molecular flexibility index (Phi) is 40.6. The average molecular weight is 710 g/mol. The van der Waals surface area contributed by atoms with Crippen molar-refractivity contribution >= 4 is 5.91 Å². The maximum atomic E-state index is 12.5. The minimum absolute atomic E-state index is 0.308. The fourth-order valence-electron chi connectivity index (χ4n) is 7.37. The van der Waals surface area contributed by atoms with Gasteiger partial charge in [0.1, 0.15) is 6.10 Å². The molecule has 0 radical (unpaired) electrons. The van der Waals surface area contributed by atoms with Crippen molar-refractivity contribution in [2.24, 2.45) is 0 Å². The Morgan fingerprint density at radius 3 is 0.900 bits per heavy atom. The largest absolute Gasteiger partial charge is 0.394 e. The molecule has 50 heavy (non-hydrogen) atoms. The third-order valence-electron chi connectivity index (χ3n) is 11.0. The van der Waals surface area contributed by atoms with Gasteiger partial charge in [-0.3, -0.25) is 4.79 Å². The zero-order valence-electron chi connectivity index (χ0n) is 34.1. The summed E-state index contributed by atoms with van der Waals surface area (Å²) in [5.41, 5.74) is 0. The van der Waals surface area contributed by atoms with Crippen molar-refractivity contribution < 1.29 is 20.1 Å². The van der Waals surface area contributed by atoms with Crippen LogP contribution in [0.15, 0.2) is 0 Å². The van der Waals surface area contributed by atoms with Crippen LogP contribution in [0.3, 0.4) is 0 Å². The van der Waals surface area contributed by atoms with Crippen LogP contribution < -0.4 is 5.32 Å². The van der Waals surface area contributed by atoms with Gasteiger partial charge in [0.05, 0.1) is 18.8 Å². The van der Waals surface area contributed by atoms with Crippen molar-refractivity contribution in [1.29, 1.82) is 0 Å². The molecular formula is C45H91NO4. The van der Waals surface area contributed by atoms with Gasteiger partial charge < -0.3 is 20.6 Å². The molecule has 0 saturated heterocycles. The normalized spacial score (nSPS) is 13.5. The lowest BCUT2D eigenvalue weighted by Gasteiger charge is -2.23. The lowest BCUT2D eigenvalue weighted by Crippen LogP contribution is -2.49. The zero-order chi connectivity index (χ0) is 36.6. The number of hydrogen-bond donors (Lipinski definition) is 4. The first kappa shape index (κ1) is 49.4. The smallest absolute Gasteiger partial charge is 0.249 e. The van der Waals surface area contributed by atoms with E-state index in [-0.39, 0.29) is 6.61 Å². The number of rotatable bonds is 42. The highest BCUT2D eigenvalue weighted by Crippen LogP contribution is 2.17. The molecule has 0 aliphatic heterocycles. The molecule has 0 aromatic heterocycles. The Hall–Kier alpha value is -0.650. The molecule has 0 aromatic carbocycles. The van der Waals surface area contributed by atoms with E-state index in [2.05, 4.69) is 19.2 Å². The van der Waals surface area contributed by atoms with Gasteiger partial charge in [-0.15, -0.1) is 0 Å². The predicted octanol–water partition coefficient (Wildman–Crippen LogP) is 13.0. The number of carbonyl (C=O) groups is 1. The summed E-state index contributed by atoms with van der Waals surface area (Å²) in [6.45, 7) is 4.25. The summed E-state index contributed by atoms with van der Waals surface area (Å²) < 4.78 is 0. The van der Waals surface area contributed by atoms with E-state index in [4.69, 9.17) is 0 Å². The number of amides is 1. The molecule has 3 atom stereocenters. The zero-order valence-corrected chi connectivity index (χ0v) is 34.1. The first-order valence-electron chi connectivity index (χ1n) is 22.8. The second-order valence-corrected chi connectivity index (χ2v) is 16.0. The first-order valence-corrected chi connectivity index (χ1v) is 22.8. The van der Waals surface area contributed by atoms with Crippen LogP contribution in [0.1, 0.15) is 258 Å². The molecule has 1 amide bonds. The quantitative estimate of drug-likeness (QED) is 0.0475. The first-order chi connectivity index (χ1) is 24.6. The molecule has 300 valence electrons. The highest BCUT2D eigenvalue weighted by atomic mass is 16.3. The van der Waals surface area contributed by atoms with Gasteiger partial charge in [-0.25, -0.2) is 0 Å². The number of nitrogens with one attached hydrogen (secondary N) is 1. The molecule has 3 unspecified atom stereocenters. The number of hydrogen-bond acceptors (Lipinski definition) is 4. The molecule has 0 bridgehead atoms. The van der Waals surface area contributed by atoms with Gasteiger partial charge >= 0.3 is 0 Å². The van der Waals surface area contributed by atoms with Crippen LogP contribution in [0.4, 0.5) is 0 Å². The molecule has 0 aromatic rings. The molecule has 5 nitrogen and oxygen atoms in total. The SMILES string of the molecule is CCCCCCCCCCCCCCCCCCCCCCC(O)C(=O)NC(CO)C(O)CCCCCCCCCCCCCCCCCC. The number of aliphatic hydroxyl groups excluding tert-OH is 3. The summed E-state index contributed by atoms with van der Waals surface area (Å²) in [4.78, 5) is 12.5. The Balaban J connectivity index is 3.56. The standard InChI is InChI=1S/C45H91NO4/c1-3-5-7-9-11-13-15-17-19-21-22-23-24-26-28-30-32-34-36-38-40-44(49)45(50)46-42(41-47)43(48)39-37-35-33-31-29-27-25-20-18-16-14-12-10-8-6-4-2/h42-44,47-49H,3-41H2,1-2H3,(H,46,50). The van der Waals surface area contributed by atoms with Gasteiger partial charge in [0.2, 0.25) is 5.91 Å². The predicted molar refractivity (Wildman–Crippen MR) is 218 cm³/mol. The number of aliphatic hydroxyl groups is 3. The molecule has 5 heteroatoms. The summed E-state index contributed by atoms with van der Waals surface area (Å²) in [5, 5.41) is 33.3. The second kappa shape index (κ2) is 41.1. The van der Waals surface area contributed by atoms with Crippen LogP contribution in [0.25, 0.3) is 0 Å². The van der Waals surface area contributed by atoms with E-state index in [1.54, 1.807) is 0 Å². The molecule has 0 rings (SSSR count). The lowest BCUT2D eigenvalue weighted by molar-refractivity contribution is -0.131. The summed E-state index contributed by atoms with van der Waals surface area (Å²) >= 11 is 0. The van der Waals surface area contributed by atoms with Crippen molar-refractivity contribution in [3.8, 4) is 0 Å². The minimum Gasteiger partial charge on any atom is -0.394 e. The molecule has 0 aliphatic carbocycles. The fourth-order valence-corrected chi connectivity index (χ4v) is 7.37. The summed E-state index contributed by atoms with van der Waals surface area (Å²) in [6, 6.07) is -0.705. The maximum Gasteiger partial charge on any atom is 0.249 e. The van der Waals surface area contributed by atoms with E-state index >= 15 is 0 Å². The third kappa shape index (κ3) is 35.7. The minimum atomic E-state index is -1.07. The molecule has 0 fully saturated rings. The molecule has 0 aliphatic rings. The molecule has 0 heterocycles. The van der Waals surface area contributed by atoms with Crippen LogP contribution in [0, 0.1) is 0 Å². The van der Waals surface area contributed by atoms with E-state index in [1.165, 1.54) is 199 Å². The average Bonchev–Trinajstić information content (AvgIpc) is 3.12. The molecular weight excluding hydrogens is 618 g/mol. The Morgan fingerprint density at radius 2 is 0.640 bits per heavy atom. The van der Waals surface area contributed by atoms with E-state index in [0.29, 0.717) is 12.8 Å². The lowest BCUT2D eigenvalue weighted by atomic mass is 10.0. The Labute approximate surface area is 313 Å². The summed E-state index contributed by atoms with van der Waals surface area (Å²) in [7, 11) is 0. The monoisotopic (exact) mass is 710 g/mol.